The molecule has 172 valence electrons. The van der Waals surface area contributed by atoms with E-state index < -0.39 is 36.4 Å². The first-order valence-corrected chi connectivity index (χ1v) is 9.71. The summed E-state index contributed by atoms with van der Waals surface area (Å²) in [5, 5.41) is 9.54. The lowest BCUT2D eigenvalue weighted by atomic mass is 10.1. The van der Waals surface area contributed by atoms with Gasteiger partial charge in [0.1, 0.15) is 18.2 Å². The van der Waals surface area contributed by atoms with Gasteiger partial charge in [0.25, 0.3) is 5.91 Å². The molecule has 1 aliphatic rings. The van der Waals surface area contributed by atoms with E-state index in [1.54, 1.807) is 13.8 Å². The standard InChI is InChI=1S/C20H19ClF4N4O3/c1-9-17(21)10(2)28-18(27-9)13-6-29(7-14(13)26)19(31)12-4-3-11(22)5-15(12)32-8-16(30)20(23,24)25/h3-5,16,30H,6-8,26H2,1-2H3/t16-/m0/s1. The summed E-state index contributed by atoms with van der Waals surface area (Å²) in [7, 11) is 0. The van der Waals surface area contributed by atoms with Gasteiger partial charge in [-0.15, -0.1) is 0 Å². The van der Waals surface area contributed by atoms with E-state index >= 15 is 0 Å². The number of rotatable bonds is 5. The van der Waals surface area contributed by atoms with Gasteiger partial charge in [-0.3, -0.25) is 4.79 Å². The molecule has 3 rings (SSSR count). The van der Waals surface area contributed by atoms with E-state index in [0.29, 0.717) is 33.5 Å². The third-order valence-corrected chi connectivity index (χ3v) is 5.33. The van der Waals surface area contributed by atoms with Gasteiger partial charge < -0.3 is 20.5 Å². The Labute approximate surface area is 185 Å². The maximum Gasteiger partial charge on any atom is 0.417 e. The van der Waals surface area contributed by atoms with E-state index in [4.69, 9.17) is 27.2 Å². The van der Waals surface area contributed by atoms with E-state index in [2.05, 4.69) is 9.97 Å². The van der Waals surface area contributed by atoms with Crippen LogP contribution in [0, 0.1) is 19.7 Å². The minimum atomic E-state index is -4.92. The molecule has 0 fully saturated rings. The summed E-state index contributed by atoms with van der Waals surface area (Å²) in [5.74, 6) is -1.60. The predicted molar refractivity (Wildman–Crippen MR) is 107 cm³/mol. The van der Waals surface area contributed by atoms with Crippen molar-refractivity contribution in [3.05, 3.63) is 57.5 Å². The average molecular weight is 475 g/mol. The monoisotopic (exact) mass is 474 g/mol. The Hall–Kier alpha value is -2.92. The van der Waals surface area contributed by atoms with Crippen LogP contribution in [0.1, 0.15) is 27.6 Å². The summed E-state index contributed by atoms with van der Waals surface area (Å²) >= 11 is 6.09. The highest BCUT2D eigenvalue weighted by molar-refractivity contribution is 6.31. The Kier molecular flexibility index (Phi) is 6.61. The third-order valence-electron chi connectivity index (χ3n) is 4.79. The summed E-state index contributed by atoms with van der Waals surface area (Å²) in [4.78, 5) is 22.9. The van der Waals surface area contributed by atoms with Crippen molar-refractivity contribution in [2.24, 2.45) is 5.73 Å². The van der Waals surface area contributed by atoms with Crippen molar-refractivity contribution in [2.75, 3.05) is 19.7 Å². The maximum absolute atomic E-state index is 13.7. The van der Waals surface area contributed by atoms with Gasteiger partial charge in [0.05, 0.1) is 35.1 Å². The van der Waals surface area contributed by atoms with Crippen molar-refractivity contribution in [3.63, 3.8) is 0 Å². The molecule has 0 radical (unpaired) electrons. The number of nitrogens with two attached hydrogens (primary N) is 1. The lowest BCUT2D eigenvalue weighted by Crippen LogP contribution is -2.35. The minimum absolute atomic E-state index is 0.000239. The molecule has 1 atom stereocenters. The molecule has 1 aromatic heterocycles. The topological polar surface area (TPSA) is 102 Å². The quantitative estimate of drug-likeness (QED) is 0.646. The number of aryl methyl sites for hydroxylation is 2. The molecule has 12 heteroatoms. The number of hydrogen-bond donors (Lipinski definition) is 2. The first-order chi connectivity index (χ1) is 14.9. The molecule has 0 unspecified atom stereocenters. The van der Waals surface area contributed by atoms with Crippen LogP contribution in [0.2, 0.25) is 5.02 Å². The highest BCUT2D eigenvalue weighted by Crippen LogP contribution is 2.29. The minimum Gasteiger partial charge on any atom is -0.490 e. The lowest BCUT2D eigenvalue weighted by Gasteiger charge is -2.20. The van der Waals surface area contributed by atoms with Gasteiger partial charge in [-0.2, -0.15) is 13.2 Å². The normalized spacial score (nSPS) is 15.3. The summed E-state index contributed by atoms with van der Waals surface area (Å²) in [5.41, 5.74) is 7.81. The van der Waals surface area contributed by atoms with Crippen molar-refractivity contribution in [1.82, 2.24) is 14.9 Å². The Balaban J connectivity index is 1.82. The number of nitrogens with zero attached hydrogens (tertiary/aromatic N) is 3. The van der Waals surface area contributed by atoms with Gasteiger partial charge in [0.15, 0.2) is 11.9 Å². The van der Waals surface area contributed by atoms with E-state index in [1.807, 2.05) is 0 Å². The van der Waals surface area contributed by atoms with Crippen LogP contribution in [0.4, 0.5) is 17.6 Å². The number of halogens is 5. The number of aliphatic hydroxyl groups excluding tert-OH is 1. The van der Waals surface area contributed by atoms with Gasteiger partial charge in [0.2, 0.25) is 0 Å². The molecule has 2 heterocycles. The molecular weight excluding hydrogens is 456 g/mol. The van der Waals surface area contributed by atoms with E-state index in [1.165, 1.54) is 4.90 Å². The van der Waals surface area contributed by atoms with Crippen LogP contribution < -0.4 is 10.5 Å². The number of amides is 1. The summed E-state index contributed by atoms with van der Waals surface area (Å²) < 4.78 is 56.2. The lowest BCUT2D eigenvalue weighted by molar-refractivity contribution is -0.210. The van der Waals surface area contributed by atoms with Gasteiger partial charge in [-0.05, 0) is 26.0 Å². The largest absolute Gasteiger partial charge is 0.490 e. The molecule has 1 amide bonds. The van der Waals surface area contributed by atoms with Crippen molar-refractivity contribution in [3.8, 4) is 5.75 Å². The van der Waals surface area contributed by atoms with E-state index in [9.17, 15) is 22.4 Å². The summed E-state index contributed by atoms with van der Waals surface area (Å²) in [6.45, 7) is 2.22. The molecular formula is C20H19ClF4N4O3. The predicted octanol–water partition coefficient (Wildman–Crippen LogP) is 3.01. The Morgan fingerprint density at radius 1 is 1.28 bits per heavy atom. The first kappa shape index (κ1) is 23.7. The SMILES string of the molecule is Cc1nc(C2=C(N)CN(C(=O)c3ccc(F)cc3OC[C@H](O)C(F)(F)F)C2)nc(C)c1Cl. The highest BCUT2D eigenvalue weighted by atomic mass is 35.5. The maximum atomic E-state index is 13.7. The molecule has 1 aliphatic heterocycles. The second kappa shape index (κ2) is 8.91. The molecule has 1 aromatic carbocycles. The first-order valence-electron chi connectivity index (χ1n) is 9.33. The molecule has 0 spiro atoms. The fraction of sp³-hybridized carbons (Fsp3) is 0.350. The molecule has 2 aromatic rings. The van der Waals surface area contributed by atoms with Crippen molar-refractivity contribution in [2.45, 2.75) is 26.1 Å². The molecule has 3 N–H and O–H groups in total. The number of hydrogen-bond acceptors (Lipinski definition) is 6. The van der Waals surface area contributed by atoms with Crippen LogP contribution in [0.5, 0.6) is 5.75 Å². The molecule has 0 saturated carbocycles. The van der Waals surface area contributed by atoms with E-state index in [0.717, 1.165) is 18.2 Å². The molecule has 32 heavy (non-hydrogen) atoms. The van der Waals surface area contributed by atoms with Crippen LogP contribution in [-0.4, -0.2) is 57.9 Å². The zero-order chi connectivity index (χ0) is 23.8. The fourth-order valence-electron chi connectivity index (χ4n) is 3.07. The van der Waals surface area contributed by atoms with Gasteiger partial charge in [0, 0.05) is 17.3 Å². The second-order valence-electron chi connectivity index (χ2n) is 7.21. The zero-order valence-electron chi connectivity index (χ0n) is 17.0. The van der Waals surface area contributed by atoms with Gasteiger partial charge >= 0.3 is 6.18 Å². The number of aromatic nitrogens is 2. The number of carbonyl (C=O) groups excluding carboxylic acids is 1. The van der Waals surface area contributed by atoms with Crippen LogP contribution in [-0.2, 0) is 0 Å². The Morgan fingerprint density at radius 2 is 1.91 bits per heavy atom. The van der Waals surface area contributed by atoms with Crippen LogP contribution >= 0.6 is 11.6 Å². The smallest absolute Gasteiger partial charge is 0.417 e. The van der Waals surface area contributed by atoms with Crippen molar-refractivity contribution in [1.29, 1.82) is 0 Å². The molecule has 0 aliphatic carbocycles. The Bertz CT molecular complexity index is 1070. The number of carbonyl (C=O) groups is 1. The molecule has 7 nitrogen and oxygen atoms in total. The molecule has 0 bridgehead atoms. The number of alkyl halides is 3. The number of benzene rings is 1. The second-order valence-corrected chi connectivity index (χ2v) is 7.58. The van der Waals surface area contributed by atoms with Crippen LogP contribution in [0.25, 0.3) is 5.57 Å². The fourth-order valence-corrected chi connectivity index (χ4v) is 3.16. The van der Waals surface area contributed by atoms with Crippen molar-refractivity contribution >= 4 is 23.1 Å². The van der Waals surface area contributed by atoms with Gasteiger partial charge in [-0.1, -0.05) is 11.6 Å². The highest BCUT2D eigenvalue weighted by Gasteiger charge is 2.39. The van der Waals surface area contributed by atoms with Gasteiger partial charge in [-0.25, -0.2) is 14.4 Å². The summed E-state index contributed by atoms with van der Waals surface area (Å²) in [6.07, 6.45) is -7.72. The Morgan fingerprint density at radius 3 is 2.50 bits per heavy atom. The third kappa shape index (κ3) is 4.94. The zero-order valence-corrected chi connectivity index (χ0v) is 17.8. The summed E-state index contributed by atoms with van der Waals surface area (Å²) in [6, 6.07) is 2.84. The number of aliphatic hydroxyl groups is 1. The van der Waals surface area contributed by atoms with Crippen LogP contribution in [0.3, 0.4) is 0 Å². The average Bonchev–Trinajstić information content (AvgIpc) is 3.10. The van der Waals surface area contributed by atoms with Crippen LogP contribution in [0.15, 0.2) is 23.9 Å². The van der Waals surface area contributed by atoms with Crippen molar-refractivity contribution < 1.29 is 32.2 Å². The number of ether oxygens (including phenoxy) is 1. The molecule has 0 saturated heterocycles. The van der Waals surface area contributed by atoms with E-state index in [-0.39, 0.29) is 18.7 Å².